The van der Waals surface area contributed by atoms with E-state index in [1.807, 2.05) is 0 Å². The Hall–Kier alpha value is -5.30. The van der Waals surface area contributed by atoms with Gasteiger partial charge in [0.15, 0.2) is 0 Å². The third-order valence-corrected chi connectivity index (χ3v) is 10.8. The molecule has 2 heterocycles. The number of amides is 6. The van der Waals surface area contributed by atoms with Crippen LogP contribution in [0.2, 0.25) is 0 Å². The standard InChI is InChI=1S/C40H48F18N8O6/c41-35(42,43)29(67)61-13-3-15-65(33(71)39(53,54)55)23-21-63(31(69)37(47,48)49)11-1-9-59(17-19-61)25-27-5-7-28(8-6-27)26-60-10-2-12-64(32(70)38(50,51)52)22-24-66(34(72)40(56,57)58)16-4-14-62(20-18-60)30(68)36(44,45)46/h5-8H,1-4,9-26H2/i5D,6D,7D,8D. The van der Waals surface area contributed by atoms with E-state index in [-0.39, 0.29) is 29.4 Å². The van der Waals surface area contributed by atoms with Crippen LogP contribution in [-0.4, -0.2) is 216 Å². The van der Waals surface area contributed by atoms with Crippen LogP contribution in [0.25, 0.3) is 0 Å². The molecule has 1 aromatic rings. The lowest BCUT2D eigenvalue weighted by atomic mass is 10.1. The number of halogens is 18. The van der Waals surface area contributed by atoms with Gasteiger partial charge < -0.3 is 29.4 Å². The number of alkyl halides is 18. The Labute approximate surface area is 403 Å². The molecule has 0 saturated carbocycles. The molecule has 410 valence electrons. The lowest BCUT2D eigenvalue weighted by Crippen LogP contribution is -2.50. The summed E-state index contributed by atoms with van der Waals surface area (Å²) in [6.45, 7) is -17.0. The van der Waals surface area contributed by atoms with Crippen LogP contribution in [0.4, 0.5) is 79.0 Å². The molecule has 0 aromatic heterocycles. The summed E-state index contributed by atoms with van der Waals surface area (Å²) >= 11 is 0. The first-order chi connectivity index (χ1) is 34.7. The van der Waals surface area contributed by atoms with Gasteiger partial charge in [0, 0.05) is 118 Å². The molecule has 0 N–H and O–H groups in total. The van der Waals surface area contributed by atoms with Crippen LogP contribution in [0.1, 0.15) is 42.3 Å². The van der Waals surface area contributed by atoms with Crippen molar-refractivity contribution in [1.29, 1.82) is 0 Å². The molecule has 0 bridgehead atoms. The van der Waals surface area contributed by atoms with E-state index in [2.05, 4.69) is 0 Å². The Morgan fingerprint density at radius 3 is 0.653 bits per heavy atom. The number of hydrogen-bond acceptors (Lipinski definition) is 8. The highest BCUT2D eigenvalue weighted by Crippen LogP contribution is 2.26. The van der Waals surface area contributed by atoms with Crippen LogP contribution >= 0.6 is 0 Å². The second-order valence-electron chi connectivity index (χ2n) is 16.2. The minimum Gasteiger partial charge on any atom is -0.334 e. The second-order valence-corrected chi connectivity index (χ2v) is 16.2. The highest BCUT2D eigenvalue weighted by Gasteiger charge is 2.48. The number of nitrogens with zero attached hydrogens (tertiary/aromatic N) is 8. The molecule has 72 heavy (non-hydrogen) atoms. The van der Waals surface area contributed by atoms with Crippen LogP contribution in [0, 0.1) is 0 Å². The van der Waals surface area contributed by atoms with Gasteiger partial charge in [-0.05, 0) is 36.8 Å². The Kier molecular flexibility index (Phi) is 19.0. The maximum atomic E-state index is 13.7. The summed E-state index contributed by atoms with van der Waals surface area (Å²) in [7, 11) is 0. The molecule has 2 aliphatic heterocycles. The van der Waals surface area contributed by atoms with Gasteiger partial charge in [-0.2, -0.15) is 79.0 Å². The average molecular weight is 1080 g/mol. The summed E-state index contributed by atoms with van der Waals surface area (Å²) < 4.78 is 280. The van der Waals surface area contributed by atoms with Crippen LogP contribution in [0.15, 0.2) is 24.2 Å². The minimum atomic E-state index is -5.63. The van der Waals surface area contributed by atoms with Crippen molar-refractivity contribution in [2.45, 2.75) is 75.8 Å². The summed E-state index contributed by atoms with van der Waals surface area (Å²) in [5.74, 6) is -15.4. The van der Waals surface area contributed by atoms with Crippen LogP contribution < -0.4 is 0 Å². The number of carbonyl (C=O) groups is 6. The van der Waals surface area contributed by atoms with Crippen molar-refractivity contribution in [2.24, 2.45) is 0 Å². The molecule has 0 atom stereocenters. The van der Waals surface area contributed by atoms with Gasteiger partial charge >= 0.3 is 72.5 Å². The summed E-state index contributed by atoms with van der Waals surface area (Å²) in [5.41, 5.74) is -1.14. The maximum absolute atomic E-state index is 13.7. The van der Waals surface area contributed by atoms with E-state index >= 15 is 0 Å². The third-order valence-electron chi connectivity index (χ3n) is 10.8. The summed E-state index contributed by atoms with van der Waals surface area (Å²) in [6.07, 6.45) is -36.5. The molecule has 0 unspecified atom stereocenters. The number of hydrogen-bond donors (Lipinski definition) is 0. The van der Waals surface area contributed by atoms with Crippen LogP contribution in [0.3, 0.4) is 0 Å². The molecule has 0 aliphatic carbocycles. The molecule has 1 aromatic carbocycles. The zero-order valence-corrected chi connectivity index (χ0v) is 37.4. The zero-order chi connectivity index (χ0) is 58.1. The SMILES string of the molecule is [2H]c1c([2H])c(CN2CCCN(C(=O)C(F)(F)F)CCN(C(=O)C(F)(F)F)CCCN(C(=O)C(F)(F)F)CC2)c([2H])c([2H])c1CN1CCCN(C(=O)C(F)(F)F)CCN(C(=O)C(F)(F)F)CCCN(C(=O)C(F)(F)F)CC1. The largest absolute Gasteiger partial charge is 0.471 e. The van der Waals surface area contributed by atoms with Gasteiger partial charge in [-0.1, -0.05) is 24.2 Å². The molecule has 32 heteroatoms. The van der Waals surface area contributed by atoms with E-state index in [0.29, 0.717) is 0 Å². The average Bonchev–Trinajstić information content (AvgIpc) is 3.29. The van der Waals surface area contributed by atoms with Crippen molar-refractivity contribution in [1.82, 2.24) is 39.2 Å². The summed E-state index contributed by atoms with van der Waals surface area (Å²) in [6, 6.07) is -3.67. The topological polar surface area (TPSA) is 128 Å². The van der Waals surface area contributed by atoms with Crippen molar-refractivity contribution in [3.05, 3.63) is 35.3 Å². The predicted molar refractivity (Wildman–Crippen MR) is 211 cm³/mol. The van der Waals surface area contributed by atoms with Gasteiger partial charge in [0.25, 0.3) is 0 Å². The molecular formula is C40H48F18N8O6. The minimum absolute atomic E-state index is 0.0451. The van der Waals surface area contributed by atoms with Gasteiger partial charge in [-0.25, -0.2) is 0 Å². The molecule has 2 fully saturated rings. The second kappa shape index (κ2) is 25.1. The molecule has 2 aliphatic rings. The molecule has 6 amide bonds. The fourth-order valence-corrected chi connectivity index (χ4v) is 7.36. The van der Waals surface area contributed by atoms with E-state index in [1.54, 1.807) is 0 Å². The lowest BCUT2D eigenvalue weighted by Gasteiger charge is -2.33. The van der Waals surface area contributed by atoms with Crippen molar-refractivity contribution in [2.75, 3.05) is 105 Å². The van der Waals surface area contributed by atoms with Crippen LogP contribution in [0.5, 0.6) is 0 Å². The third kappa shape index (κ3) is 19.3. The van der Waals surface area contributed by atoms with E-state index < -0.39 is 251 Å². The van der Waals surface area contributed by atoms with Crippen molar-refractivity contribution >= 4 is 35.4 Å². The Morgan fingerprint density at radius 1 is 0.306 bits per heavy atom. The normalized spacial score (nSPS) is 19.6. The molecule has 0 radical (unpaired) electrons. The van der Waals surface area contributed by atoms with Crippen LogP contribution in [-0.2, 0) is 41.9 Å². The van der Waals surface area contributed by atoms with Gasteiger partial charge in [0.05, 0.1) is 5.48 Å². The molecule has 0 spiro atoms. The molecule has 3 rings (SSSR count). The Bertz CT molecular complexity index is 2050. The highest BCUT2D eigenvalue weighted by molar-refractivity contribution is 5.84. The predicted octanol–water partition coefficient (Wildman–Crippen LogP) is 5.22. The van der Waals surface area contributed by atoms with E-state index in [4.69, 9.17) is 5.48 Å². The summed E-state index contributed by atoms with van der Waals surface area (Å²) in [4.78, 5) is 76.2. The van der Waals surface area contributed by atoms with E-state index in [1.165, 1.54) is 0 Å². The monoisotopic (exact) mass is 1080 g/mol. The lowest BCUT2D eigenvalue weighted by molar-refractivity contribution is -0.189. The van der Waals surface area contributed by atoms with E-state index in [0.717, 1.165) is 9.80 Å². The van der Waals surface area contributed by atoms with Gasteiger partial charge in [0.2, 0.25) is 0 Å². The van der Waals surface area contributed by atoms with Crippen molar-refractivity contribution in [3.8, 4) is 0 Å². The fraction of sp³-hybridized carbons (Fsp3) is 0.700. The van der Waals surface area contributed by atoms with Gasteiger partial charge in [-0.15, -0.1) is 0 Å². The van der Waals surface area contributed by atoms with Crippen molar-refractivity contribution in [3.63, 3.8) is 0 Å². The maximum Gasteiger partial charge on any atom is 0.471 e. The van der Waals surface area contributed by atoms with Crippen molar-refractivity contribution < 1.29 is 113 Å². The number of carbonyl (C=O) groups excluding carboxylic acids is 6. The smallest absolute Gasteiger partial charge is 0.334 e. The highest BCUT2D eigenvalue weighted by atomic mass is 19.4. The first-order valence-electron chi connectivity index (χ1n) is 23.4. The first kappa shape index (κ1) is 54.5. The van der Waals surface area contributed by atoms with Gasteiger partial charge in [0.1, 0.15) is 0 Å². The molecular weight excluding hydrogens is 1030 g/mol. The fourth-order valence-electron chi connectivity index (χ4n) is 7.36. The number of benzene rings is 1. The Balaban J connectivity index is 2.06. The summed E-state index contributed by atoms with van der Waals surface area (Å²) in [5, 5.41) is 0. The molecule has 14 nitrogen and oxygen atoms in total. The molecule has 2 saturated heterocycles. The van der Waals surface area contributed by atoms with Gasteiger partial charge in [-0.3, -0.25) is 38.6 Å². The van der Waals surface area contributed by atoms with E-state index in [9.17, 15) is 108 Å². The number of rotatable bonds is 4. The zero-order valence-electron chi connectivity index (χ0n) is 41.4. The Morgan fingerprint density at radius 2 is 0.472 bits per heavy atom. The quantitative estimate of drug-likeness (QED) is 0.376. The first-order valence-corrected chi connectivity index (χ1v) is 21.4.